The van der Waals surface area contributed by atoms with Crippen molar-refractivity contribution in [3.63, 3.8) is 0 Å². The highest BCUT2D eigenvalue weighted by Gasteiger charge is 2.02. The molecule has 0 fully saturated rings. The van der Waals surface area contributed by atoms with Crippen LogP contribution in [0.25, 0.3) is 0 Å². The fourth-order valence-electron chi connectivity index (χ4n) is 1.39. The molecule has 0 aliphatic carbocycles. The van der Waals surface area contributed by atoms with Gasteiger partial charge in [-0.25, -0.2) is 4.98 Å². The van der Waals surface area contributed by atoms with Crippen LogP contribution in [0.15, 0.2) is 5.38 Å². The van der Waals surface area contributed by atoms with E-state index in [2.05, 4.69) is 48.5 Å². The third kappa shape index (κ3) is 5.58. The lowest BCUT2D eigenvalue weighted by atomic mass is 10.3. The standard InChI is InChI=1S/C12H23N3S/c1-10(2)13-7-5-11-9-16-12(14-11)6-8-15(3)4/h9-10,13H,5-8H2,1-4H3. The molecule has 0 aromatic carbocycles. The van der Waals surface area contributed by atoms with Gasteiger partial charge < -0.3 is 10.2 Å². The van der Waals surface area contributed by atoms with Gasteiger partial charge in [-0.05, 0) is 14.1 Å². The predicted molar refractivity (Wildman–Crippen MR) is 71.2 cm³/mol. The van der Waals surface area contributed by atoms with Crippen molar-refractivity contribution in [1.82, 2.24) is 15.2 Å². The van der Waals surface area contributed by atoms with Crippen LogP contribution in [0.3, 0.4) is 0 Å². The van der Waals surface area contributed by atoms with Crippen LogP contribution in [0.2, 0.25) is 0 Å². The highest BCUT2D eigenvalue weighted by molar-refractivity contribution is 7.09. The number of nitrogens with one attached hydrogen (secondary N) is 1. The summed E-state index contributed by atoms with van der Waals surface area (Å²) in [4.78, 5) is 6.83. The smallest absolute Gasteiger partial charge is 0.0941 e. The summed E-state index contributed by atoms with van der Waals surface area (Å²) in [5, 5.41) is 6.85. The predicted octanol–water partition coefficient (Wildman–Crippen LogP) is 1.79. The minimum absolute atomic E-state index is 0.562. The molecule has 0 atom stereocenters. The molecule has 0 amide bonds. The van der Waals surface area contributed by atoms with Gasteiger partial charge in [-0.1, -0.05) is 13.8 Å². The molecule has 0 bridgehead atoms. The molecule has 1 aromatic rings. The number of likely N-dealkylation sites (N-methyl/N-ethyl adjacent to an activating group) is 1. The summed E-state index contributed by atoms with van der Waals surface area (Å²) in [6, 6.07) is 0.562. The zero-order chi connectivity index (χ0) is 12.0. The SMILES string of the molecule is CC(C)NCCc1csc(CCN(C)C)n1. The molecule has 1 rings (SSSR count). The summed E-state index contributed by atoms with van der Waals surface area (Å²) < 4.78 is 0. The zero-order valence-corrected chi connectivity index (χ0v) is 11.6. The maximum absolute atomic E-state index is 4.63. The third-order valence-electron chi connectivity index (χ3n) is 2.31. The van der Waals surface area contributed by atoms with E-state index in [1.54, 1.807) is 11.3 Å². The van der Waals surface area contributed by atoms with Gasteiger partial charge in [0.15, 0.2) is 0 Å². The lowest BCUT2D eigenvalue weighted by molar-refractivity contribution is 0.413. The maximum Gasteiger partial charge on any atom is 0.0941 e. The fourth-order valence-corrected chi connectivity index (χ4v) is 2.21. The summed E-state index contributed by atoms with van der Waals surface area (Å²) in [7, 11) is 4.20. The van der Waals surface area contributed by atoms with E-state index in [1.165, 1.54) is 10.7 Å². The van der Waals surface area contributed by atoms with Gasteiger partial charge in [0, 0.05) is 37.4 Å². The molecule has 0 spiro atoms. The van der Waals surface area contributed by atoms with Crippen molar-refractivity contribution < 1.29 is 0 Å². The number of nitrogens with zero attached hydrogens (tertiary/aromatic N) is 2. The van der Waals surface area contributed by atoms with Crippen molar-refractivity contribution in [2.45, 2.75) is 32.7 Å². The molecule has 1 N–H and O–H groups in total. The molecule has 1 heterocycles. The van der Waals surface area contributed by atoms with Crippen LogP contribution in [0.4, 0.5) is 0 Å². The molecule has 0 radical (unpaired) electrons. The first-order valence-corrected chi connectivity index (χ1v) is 6.77. The van der Waals surface area contributed by atoms with Crippen LogP contribution >= 0.6 is 11.3 Å². The van der Waals surface area contributed by atoms with E-state index >= 15 is 0 Å². The van der Waals surface area contributed by atoms with E-state index in [0.717, 1.165) is 25.9 Å². The van der Waals surface area contributed by atoms with E-state index in [1.807, 2.05) is 0 Å². The van der Waals surface area contributed by atoms with Crippen molar-refractivity contribution >= 4 is 11.3 Å². The van der Waals surface area contributed by atoms with E-state index in [0.29, 0.717) is 6.04 Å². The van der Waals surface area contributed by atoms with Crippen molar-refractivity contribution in [1.29, 1.82) is 0 Å². The Balaban J connectivity index is 2.28. The first-order valence-electron chi connectivity index (χ1n) is 5.89. The Morgan fingerprint density at radius 3 is 2.75 bits per heavy atom. The first-order chi connectivity index (χ1) is 7.58. The van der Waals surface area contributed by atoms with E-state index in [4.69, 9.17) is 0 Å². The number of thiazole rings is 1. The highest BCUT2D eigenvalue weighted by atomic mass is 32.1. The largest absolute Gasteiger partial charge is 0.314 e. The Morgan fingerprint density at radius 2 is 2.12 bits per heavy atom. The minimum Gasteiger partial charge on any atom is -0.314 e. The second-order valence-electron chi connectivity index (χ2n) is 4.64. The quantitative estimate of drug-likeness (QED) is 0.789. The van der Waals surface area contributed by atoms with Gasteiger partial charge in [-0.15, -0.1) is 11.3 Å². The van der Waals surface area contributed by atoms with Gasteiger partial charge in [-0.2, -0.15) is 0 Å². The summed E-state index contributed by atoms with van der Waals surface area (Å²) in [5.74, 6) is 0. The number of hydrogen-bond acceptors (Lipinski definition) is 4. The van der Waals surface area contributed by atoms with Gasteiger partial charge in [0.05, 0.1) is 10.7 Å². The van der Waals surface area contributed by atoms with Crippen LogP contribution in [0.1, 0.15) is 24.5 Å². The van der Waals surface area contributed by atoms with Crippen molar-refractivity contribution in [2.24, 2.45) is 0 Å². The van der Waals surface area contributed by atoms with Crippen LogP contribution < -0.4 is 5.32 Å². The number of aromatic nitrogens is 1. The van der Waals surface area contributed by atoms with Crippen molar-refractivity contribution in [2.75, 3.05) is 27.2 Å². The normalized spacial score (nSPS) is 11.6. The van der Waals surface area contributed by atoms with Gasteiger partial charge in [0.25, 0.3) is 0 Å². The topological polar surface area (TPSA) is 28.2 Å². The average molecular weight is 241 g/mol. The van der Waals surface area contributed by atoms with E-state index < -0.39 is 0 Å². The molecule has 0 saturated heterocycles. The molecule has 3 nitrogen and oxygen atoms in total. The zero-order valence-electron chi connectivity index (χ0n) is 10.8. The molecular weight excluding hydrogens is 218 g/mol. The van der Waals surface area contributed by atoms with Crippen LogP contribution in [-0.2, 0) is 12.8 Å². The van der Waals surface area contributed by atoms with Crippen LogP contribution in [-0.4, -0.2) is 43.1 Å². The Bertz CT molecular complexity index is 294. The van der Waals surface area contributed by atoms with Gasteiger partial charge >= 0.3 is 0 Å². The second kappa shape index (κ2) is 6.99. The summed E-state index contributed by atoms with van der Waals surface area (Å²) in [6.45, 7) is 6.44. The molecule has 92 valence electrons. The third-order valence-corrected chi connectivity index (χ3v) is 3.26. The molecule has 16 heavy (non-hydrogen) atoms. The Morgan fingerprint density at radius 1 is 1.38 bits per heavy atom. The molecule has 4 heteroatoms. The highest BCUT2D eigenvalue weighted by Crippen LogP contribution is 2.10. The molecule has 0 aliphatic rings. The van der Waals surface area contributed by atoms with E-state index in [-0.39, 0.29) is 0 Å². The Kier molecular flexibility index (Phi) is 5.95. The summed E-state index contributed by atoms with van der Waals surface area (Å²) >= 11 is 1.78. The number of rotatable bonds is 7. The van der Waals surface area contributed by atoms with Gasteiger partial charge in [-0.3, -0.25) is 0 Å². The molecular formula is C12H23N3S. The molecule has 0 aliphatic heterocycles. The fraction of sp³-hybridized carbons (Fsp3) is 0.750. The Labute approximate surface area is 103 Å². The monoisotopic (exact) mass is 241 g/mol. The molecule has 0 saturated carbocycles. The average Bonchev–Trinajstić information content (AvgIpc) is 2.62. The molecule has 0 unspecified atom stereocenters. The van der Waals surface area contributed by atoms with Crippen molar-refractivity contribution in [3.8, 4) is 0 Å². The second-order valence-corrected chi connectivity index (χ2v) is 5.59. The lowest BCUT2D eigenvalue weighted by Gasteiger charge is -2.07. The van der Waals surface area contributed by atoms with Crippen LogP contribution in [0.5, 0.6) is 0 Å². The summed E-state index contributed by atoms with van der Waals surface area (Å²) in [5.41, 5.74) is 1.23. The van der Waals surface area contributed by atoms with Crippen LogP contribution in [0, 0.1) is 0 Å². The number of hydrogen-bond donors (Lipinski definition) is 1. The first kappa shape index (κ1) is 13.6. The summed E-state index contributed by atoms with van der Waals surface area (Å²) in [6.07, 6.45) is 2.10. The van der Waals surface area contributed by atoms with Gasteiger partial charge in [0.1, 0.15) is 0 Å². The molecule has 1 aromatic heterocycles. The van der Waals surface area contributed by atoms with Crippen molar-refractivity contribution in [3.05, 3.63) is 16.1 Å². The minimum atomic E-state index is 0.562. The Hall–Kier alpha value is -0.450. The van der Waals surface area contributed by atoms with E-state index in [9.17, 15) is 0 Å². The maximum atomic E-state index is 4.63. The lowest BCUT2D eigenvalue weighted by Crippen LogP contribution is -2.25. The van der Waals surface area contributed by atoms with Gasteiger partial charge in [0.2, 0.25) is 0 Å².